The SMILES string of the molecule is COC(=O)c1ccc(N)c(Nc2ccc(SC)cc2)n1. The summed E-state index contributed by atoms with van der Waals surface area (Å²) in [5.41, 5.74) is 7.38. The third-order valence-corrected chi connectivity index (χ3v) is 3.42. The summed E-state index contributed by atoms with van der Waals surface area (Å²) in [5, 5.41) is 3.09. The largest absolute Gasteiger partial charge is 0.464 e. The third-order valence-electron chi connectivity index (χ3n) is 2.67. The minimum Gasteiger partial charge on any atom is -0.464 e. The number of nitrogens with zero attached hydrogens (tertiary/aromatic N) is 1. The molecule has 2 rings (SSSR count). The Balaban J connectivity index is 2.25. The number of methoxy groups -OCH3 is 1. The molecule has 0 atom stereocenters. The van der Waals surface area contributed by atoms with Crippen LogP contribution in [0, 0.1) is 0 Å². The number of aromatic nitrogens is 1. The van der Waals surface area contributed by atoms with Crippen molar-refractivity contribution in [1.82, 2.24) is 4.98 Å². The summed E-state index contributed by atoms with van der Waals surface area (Å²) in [7, 11) is 1.31. The molecule has 0 bridgehead atoms. The zero-order valence-electron chi connectivity index (χ0n) is 11.2. The summed E-state index contributed by atoms with van der Waals surface area (Å²) in [4.78, 5) is 16.8. The highest BCUT2D eigenvalue weighted by Crippen LogP contribution is 2.23. The number of anilines is 3. The van der Waals surface area contributed by atoms with Gasteiger partial charge in [-0.05, 0) is 42.7 Å². The van der Waals surface area contributed by atoms with Crippen LogP contribution in [0.15, 0.2) is 41.3 Å². The minimum atomic E-state index is -0.495. The number of hydrogen-bond acceptors (Lipinski definition) is 6. The molecule has 104 valence electrons. The number of carbonyl (C=O) groups excluding carboxylic acids is 1. The van der Waals surface area contributed by atoms with E-state index in [1.807, 2.05) is 30.5 Å². The zero-order chi connectivity index (χ0) is 14.5. The maximum atomic E-state index is 11.5. The Hall–Kier alpha value is -2.21. The first-order valence-corrected chi connectivity index (χ1v) is 7.12. The second kappa shape index (κ2) is 6.29. The predicted octanol–water partition coefficient (Wildman–Crippen LogP) is 2.92. The molecule has 1 aromatic heterocycles. The third kappa shape index (κ3) is 3.21. The molecule has 1 aromatic carbocycles. The lowest BCUT2D eigenvalue weighted by atomic mass is 10.3. The van der Waals surface area contributed by atoms with Crippen molar-refractivity contribution in [3.05, 3.63) is 42.1 Å². The second-order valence-electron chi connectivity index (χ2n) is 3.98. The summed E-state index contributed by atoms with van der Waals surface area (Å²) in [6.45, 7) is 0. The van der Waals surface area contributed by atoms with Gasteiger partial charge in [-0.2, -0.15) is 0 Å². The van der Waals surface area contributed by atoms with Gasteiger partial charge in [-0.15, -0.1) is 11.8 Å². The number of thioether (sulfide) groups is 1. The predicted molar refractivity (Wildman–Crippen MR) is 81.5 cm³/mol. The van der Waals surface area contributed by atoms with Crippen molar-refractivity contribution in [3.63, 3.8) is 0 Å². The maximum absolute atomic E-state index is 11.5. The topological polar surface area (TPSA) is 77.2 Å². The van der Waals surface area contributed by atoms with Crippen LogP contribution in [0.2, 0.25) is 0 Å². The van der Waals surface area contributed by atoms with Crippen LogP contribution in [0.4, 0.5) is 17.2 Å². The molecule has 2 aromatic rings. The molecule has 6 heteroatoms. The Morgan fingerprint density at radius 2 is 1.95 bits per heavy atom. The first-order chi connectivity index (χ1) is 9.63. The molecule has 5 nitrogen and oxygen atoms in total. The van der Waals surface area contributed by atoms with Crippen molar-refractivity contribution < 1.29 is 9.53 Å². The van der Waals surface area contributed by atoms with Crippen LogP contribution in [0.25, 0.3) is 0 Å². The average molecular weight is 289 g/mol. The molecule has 0 radical (unpaired) electrons. The molecule has 20 heavy (non-hydrogen) atoms. The number of carbonyl (C=O) groups is 1. The summed E-state index contributed by atoms with van der Waals surface area (Å²) >= 11 is 1.67. The van der Waals surface area contributed by atoms with Gasteiger partial charge >= 0.3 is 5.97 Å². The molecule has 0 fully saturated rings. The van der Waals surface area contributed by atoms with E-state index in [9.17, 15) is 4.79 Å². The van der Waals surface area contributed by atoms with Crippen LogP contribution in [0.3, 0.4) is 0 Å². The molecule has 0 aliphatic heterocycles. The number of nitrogen functional groups attached to an aromatic ring is 1. The Morgan fingerprint density at radius 1 is 1.25 bits per heavy atom. The van der Waals surface area contributed by atoms with Gasteiger partial charge in [0.25, 0.3) is 0 Å². The first kappa shape index (κ1) is 14.2. The molecule has 0 aliphatic carbocycles. The van der Waals surface area contributed by atoms with Crippen molar-refractivity contribution >= 4 is 34.9 Å². The van der Waals surface area contributed by atoms with Crippen molar-refractivity contribution in [2.75, 3.05) is 24.4 Å². The van der Waals surface area contributed by atoms with Crippen LogP contribution in [-0.2, 0) is 4.74 Å². The minimum absolute atomic E-state index is 0.213. The molecular weight excluding hydrogens is 274 g/mol. The number of ether oxygens (including phenoxy) is 1. The number of esters is 1. The van der Waals surface area contributed by atoms with Gasteiger partial charge in [0.15, 0.2) is 11.5 Å². The highest BCUT2D eigenvalue weighted by atomic mass is 32.2. The van der Waals surface area contributed by atoms with Gasteiger partial charge in [0.05, 0.1) is 12.8 Å². The fourth-order valence-corrected chi connectivity index (χ4v) is 2.01. The molecule has 0 aliphatic rings. The van der Waals surface area contributed by atoms with Gasteiger partial charge in [-0.3, -0.25) is 0 Å². The van der Waals surface area contributed by atoms with Gasteiger partial charge in [-0.25, -0.2) is 9.78 Å². The molecule has 0 saturated carbocycles. The van der Waals surface area contributed by atoms with E-state index in [-0.39, 0.29) is 5.69 Å². The van der Waals surface area contributed by atoms with Crippen LogP contribution in [0.1, 0.15) is 10.5 Å². The van der Waals surface area contributed by atoms with Crippen LogP contribution in [0.5, 0.6) is 0 Å². The Labute approximate surface area is 121 Å². The number of pyridine rings is 1. The number of hydrogen-bond donors (Lipinski definition) is 2. The van der Waals surface area contributed by atoms with Crippen LogP contribution >= 0.6 is 11.8 Å². The molecule has 0 saturated heterocycles. The Kier molecular flexibility index (Phi) is 4.47. The van der Waals surface area contributed by atoms with Gasteiger partial charge < -0.3 is 15.8 Å². The normalized spacial score (nSPS) is 10.1. The van der Waals surface area contributed by atoms with E-state index in [1.165, 1.54) is 18.1 Å². The quantitative estimate of drug-likeness (QED) is 0.665. The number of nitrogens with two attached hydrogens (primary N) is 1. The standard InChI is InChI=1S/C14H15N3O2S/c1-19-14(18)12-8-7-11(15)13(17-12)16-9-3-5-10(20-2)6-4-9/h3-8H,15H2,1-2H3,(H,16,17). The van der Waals surface area contributed by atoms with Crippen LogP contribution < -0.4 is 11.1 Å². The molecular formula is C14H15N3O2S. The van der Waals surface area contributed by atoms with Crippen molar-refractivity contribution in [3.8, 4) is 0 Å². The van der Waals surface area contributed by atoms with E-state index < -0.39 is 5.97 Å². The number of nitrogens with one attached hydrogen (secondary N) is 1. The van der Waals surface area contributed by atoms with E-state index in [1.54, 1.807) is 17.8 Å². The number of benzene rings is 1. The monoisotopic (exact) mass is 289 g/mol. The smallest absolute Gasteiger partial charge is 0.356 e. The highest BCUT2D eigenvalue weighted by molar-refractivity contribution is 7.98. The van der Waals surface area contributed by atoms with Crippen LogP contribution in [-0.4, -0.2) is 24.3 Å². The van der Waals surface area contributed by atoms with E-state index in [0.717, 1.165) is 5.69 Å². The second-order valence-corrected chi connectivity index (χ2v) is 4.86. The molecule has 1 heterocycles. The summed E-state index contributed by atoms with van der Waals surface area (Å²) in [6, 6.07) is 11.0. The average Bonchev–Trinajstić information content (AvgIpc) is 2.49. The molecule has 0 amide bonds. The highest BCUT2D eigenvalue weighted by Gasteiger charge is 2.10. The lowest BCUT2D eigenvalue weighted by Crippen LogP contribution is -2.07. The Bertz CT molecular complexity index is 614. The van der Waals surface area contributed by atoms with E-state index in [4.69, 9.17) is 5.73 Å². The first-order valence-electron chi connectivity index (χ1n) is 5.90. The fourth-order valence-electron chi connectivity index (χ4n) is 1.60. The summed E-state index contributed by atoms with van der Waals surface area (Å²) < 4.78 is 4.64. The lowest BCUT2D eigenvalue weighted by molar-refractivity contribution is 0.0594. The van der Waals surface area contributed by atoms with E-state index in [2.05, 4.69) is 15.0 Å². The van der Waals surface area contributed by atoms with E-state index in [0.29, 0.717) is 11.5 Å². The lowest BCUT2D eigenvalue weighted by Gasteiger charge is -2.10. The molecule has 0 unspecified atom stereocenters. The molecule has 0 spiro atoms. The van der Waals surface area contributed by atoms with E-state index >= 15 is 0 Å². The molecule has 3 N–H and O–H groups in total. The van der Waals surface area contributed by atoms with Crippen molar-refractivity contribution in [1.29, 1.82) is 0 Å². The van der Waals surface area contributed by atoms with Gasteiger partial charge in [0, 0.05) is 10.6 Å². The van der Waals surface area contributed by atoms with Gasteiger partial charge in [0.1, 0.15) is 0 Å². The summed E-state index contributed by atoms with van der Waals surface area (Å²) in [5.74, 6) is -0.0596. The Morgan fingerprint density at radius 3 is 2.55 bits per heavy atom. The maximum Gasteiger partial charge on any atom is 0.356 e. The van der Waals surface area contributed by atoms with Gasteiger partial charge in [-0.1, -0.05) is 0 Å². The zero-order valence-corrected chi connectivity index (χ0v) is 12.0. The number of rotatable bonds is 4. The summed E-state index contributed by atoms with van der Waals surface area (Å²) in [6.07, 6.45) is 2.02. The van der Waals surface area contributed by atoms with Crippen molar-refractivity contribution in [2.45, 2.75) is 4.90 Å². The fraction of sp³-hybridized carbons (Fsp3) is 0.143. The van der Waals surface area contributed by atoms with Crippen molar-refractivity contribution in [2.24, 2.45) is 0 Å². The van der Waals surface area contributed by atoms with Gasteiger partial charge in [0.2, 0.25) is 0 Å².